The average molecular weight is 320 g/mol. The minimum Gasteiger partial charge on any atom is -0.495 e. The second kappa shape index (κ2) is 6.11. The molecule has 0 bridgehead atoms. The van der Waals surface area contributed by atoms with Crippen molar-refractivity contribution in [1.29, 1.82) is 0 Å². The fourth-order valence-corrected chi connectivity index (χ4v) is 2.49. The smallest absolute Gasteiger partial charge is 0.142 e. The second-order valence-corrected chi connectivity index (χ2v) is 5.48. The van der Waals surface area contributed by atoms with Crippen LogP contribution in [0.1, 0.15) is 16.7 Å². The zero-order chi connectivity index (χ0) is 13.8. The summed E-state index contributed by atoms with van der Waals surface area (Å²) in [5, 5.41) is 3.45. The van der Waals surface area contributed by atoms with Crippen molar-refractivity contribution in [3.63, 3.8) is 0 Å². The molecule has 0 heterocycles. The first kappa shape index (κ1) is 13.9. The Hall–Kier alpha value is -1.48. The van der Waals surface area contributed by atoms with E-state index in [0.717, 1.165) is 22.5 Å². The van der Waals surface area contributed by atoms with Crippen molar-refractivity contribution in [3.8, 4) is 5.75 Å². The maximum absolute atomic E-state index is 5.37. The first-order chi connectivity index (χ1) is 9.11. The van der Waals surface area contributed by atoms with E-state index in [0.29, 0.717) is 0 Å². The molecule has 2 aromatic rings. The number of benzene rings is 2. The average Bonchev–Trinajstić information content (AvgIpc) is 2.38. The van der Waals surface area contributed by atoms with Gasteiger partial charge in [0, 0.05) is 11.0 Å². The topological polar surface area (TPSA) is 21.3 Å². The van der Waals surface area contributed by atoms with E-state index in [1.54, 1.807) is 7.11 Å². The van der Waals surface area contributed by atoms with Gasteiger partial charge in [0.2, 0.25) is 0 Å². The zero-order valence-electron chi connectivity index (χ0n) is 11.5. The molecule has 0 saturated carbocycles. The minimum atomic E-state index is 0.797. The third-order valence-corrected chi connectivity index (χ3v) is 3.75. The summed E-state index contributed by atoms with van der Waals surface area (Å²) < 4.78 is 6.41. The van der Waals surface area contributed by atoms with Crippen molar-refractivity contribution < 1.29 is 4.74 Å². The van der Waals surface area contributed by atoms with Crippen molar-refractivity contribution in [2.24, 2.45) is 0 Å². The van der Waals surface area contributed by atoms with Crippen LogP contribution in [0.3, 0.4) is 0 Å². The Kier molecular flexibility index (Phi) is 4.48. The van der Waals surface area contributed by atoms with E-state index in [-0.39, 0.29) is 0 Å². The molecule has 3 heteroatoms. The molecule has 2 aromatic carbocycles. The van der Waals surface area contributed by atoms with Crippen molar-refractivity contribution in [3.05, 3.63) is 57.6 Å². The number of ether oxygens (including phenoxy) is 1. The van der Waals surface area contributed by atoms with E-state index in [1.165, 1.54) is 16.7 Å². The summed E-state index contributed by atoms with van der Waals surface area (Å²) in [6.07, 6.45) is 0. The largest absolute Gasteiger partial charge is 0.495 e. The molecule has 0 aliphatic carbocycles. The van der Waals surface area contributed by atoms with Gasteiger partial charge in [-0.15, -0.1) is 0 Å². The van der Waals surface area contributed by atoms with Gasteiger partial charge in [0.1, 0.15) is 5.75 Å². The highest BCUT2D eigenvalue weighted by Crippen LogP contribution is 2.28. The van der Waals surface area contributed by atoms with Gasteiger partial charge in [0.25, 0.3) is 0 Å². The van der Waals surface area contributed by atoms with Gasteiger partial charge >= 0.3 is 0 Å². The minimum absolute atomic E-state index is 0.797. The SMILES string of the molecule is COc1ccc(Br)cc1NCc1c(C)cccc1C. The number of aryl methyl sites for hydroxylation is 2. The van der Waals surface area contributed by atoms with Crippen LogP contribution in [0, 0.1) is 13.8 Å². The Bertz CT molecular complexity index is 561. The summed E-state index contributed by atoms with van der Waals surface area (Å²) in [7, 11) is 1.69. The predicted octanol–water partition coefficient (Wildman–Crippen LogP) is 4.69. The van der Waals surface area contributed by atoms with Crippen LogP contribution in [0.5, 0.6) is 5.75 Å². The zero-order valence-corrected chi connectivity index (χ0v) is 13.0. The molecular formula is C16H18BrNO. The molecule has 0 fully saturated rings. The molecule has 0 aromatic heterocycles. The lowest BCUT2D eigenvalue weighted by Crippen LogP contribution is -2.04. The number of methoxy groups -OCH3 is 1. The molecule has 2 rings (SSSR count). The molecule has 0 saturated heterocycles. The van der Waals surface area contributed by atoms with E-state index >= 15 is 0 Å². The monoisotopic (exact) mass is 319 g/mol. The first-order valence-corrected chi connectivity index (χ1v) is 7.03. The van der Waals surface area contributed by atoms with Crippen LogP contribution in [0.4, 0.5) is 5.69 Å². The van der Waals surface area contributed by atoms with E-state index in [2.05, 4.69) is 53.3 Å². The van der Waals surface area contributed by atoms with Gasteiger partial charge in [-0.05, 0) is 48.7 Å². The van der Waals surface area contributed by atoms with Gasteiger partial charge in [0.05, 0.1) is 12.8 Å². The van der Waals surface area contributed by atoms with Crippen LogP contribution in [-0.4, -0.2) is 7.11 Å². The molecule has 0 radical (unpaired) electrons. The Labute approximate surface area is 122 Å². The standard InChI is InChI=1S/C16H18BrNO/c1-11-5-4-6-12(2)14(11)10-18-15-9-13(17)7-8-16(15)19-3/h4-9,18H,10H2,1-3H3. The summed E-state index contributed by atoms with van der Waals surface area (Å²) in [5.41, 5.74) is 4.95. The number of rotatable bonds is 4. The van der Waals surface area contributed by atoms with Crippen LogP contribution in [0.25, 0.3) is 0 Å². The number of hydrogen-bond donors (Lipinski definition) is 1. The maximum atomic E-state index is 5.37. The van der Waals surface area contributed by atoms with E-state index in [4.69, 9.17) is 4.74 Å². The third-order valence-electron chi connectivity index (χ3n) is 3.26. The number of anilines is 1. The van der Waals surface area contributed by atoms with Gasteiger partial charge in [0.15, 0.2) is 0 Å². The summed E-state index contributed by atoms with van der Waals surface area (Å²) >= 11 is 3.49. The Morgan fingerprint density at radius 3 is 2.42 bits per heavy atom. The molecule has 1 N–H and O–H groups in total. The highest BCUT2D eigenvalue weighted by atomic mass is 79.9. The molecule has 19 heavy (non-hydrogen) atoms. The van der Waals surface area contributed by atoms with E-state index in [9.17, 15) is 0 Å². The molecule has 0 spiro atoms. The second-order valence-electron chi connectivity index (χ2n) is 4.57. The fraction of sp³-hybridized carbons (Fsp3) is 0.250. The Balaban J connectivity index is 2.21. The number of nitrogens with one attached hydrogen (secondary N) is 1. The van der Waals surface area contributed by atoms with Crippen molar-refractivity contribution in [1.82, 2.24) is 0 Å². The normalized spacial score (nSPS) is 10.3. The molecule has 0 unspecified atom stereocenters. The van der Waals surface area contributed by atoms with Gasteiger partial charge in [-0.25, -0.2) is 0 Å². The Morgan fingerprint density at radius 2 is 1.79 bits per heavy atom. The van der Waals surface area contributed by atoms with Crippen LogP contribution in [0.15, 0.2) is 40.9 Å². The first-order valence-electron chi connectivity index (χ1n) is 6.24. The summed E-state index contributed by atoms with van der Waals surface area (Å²) in [6.45, 7) is 5.08. The lowest BCUT2D eigenvalue weighted by molar-refractivity contribution is 0.416. The van der Waals surface area contributed by atoms with Gasteiger partial charge in [-0.2, -0.15) is 0 Å². The number of hydrogen-bond acceptors (Lipinski definition) is 2. The van der Waals surface area contributed by atoms with Crippen LogP contribution in [-0.2, 0) is 6.54 Å². The van der Waals surface area contributed by atoms with Crippen LogP contribution < -0.4 is 10.1 Å². The van der Waals surface area contributed by atoms with Crippen molar-refractivity contribution in [2.75, 3.05) is 12.4 Å². The molecule has 0 aliphatic heterocycles. The highest BCUT2D eigenvalue weighted by molar-refractivity contribution is 9.10. The van der Waals surface area contributed by atoms with Crippen molar-refractivity contribution >= 4 is 21.6 Å². The molecular weight excluding hydrogens is 302 g/mol. The molecule has 100 valence electrons. The molecule has 0 aliphatic rings. The lowest BCUT2D eigenvalue weighted by atomic mass is 10.0. The molecule has 0 amide bonds. The van der Waals surface area contributed by atoms with Gasteiger partial charge in [-0.3, -0.25) is 0 Å². The van der Waals surface area contributed by atoms with E-state index < -0.39 is 0 Å². The summed E-state index contributed by atoms with van der Waals surface area (Å²) in [5.74, 6) is 0.856. The summed E-state index contributed by atoms with van der Waals surface area (Å²) in [4.78, 5) is 0. The fourth-order valence-electron chi connectivity index (χ4n) is 2.13. The quantitative estimate of drug-likeness (QED) is 0.883. The lowest BCUT2D eigenvalue weighted by Gasteiger charge is -2.14. The maximum Gasteiger partial charge on any atom is 0.142 e. The van der Waals surface area contributed by atoms with Crippen LogP contribution >= 0.6 is 15.9 Å². The van der Waals surface area contributed by atoms with E-state index in [1.807, 2.05) is 18.2 Å². The molecule has 2 nitrogen and oxygen atoms in total. The highest BCUT2D eigenvalue weighted by Gasteiger charge is 2.06. The van der Waals surface area contributed by atoms with Crippen molar-refractivity contribution in [2.45, 2.75) is 20.4 Å². The molecule has 0 atom stereocenters. The van der Waals surface area contributed by atoms with Crippen LogP contribution in [0.2, 0.25) is 0 Å². The predicted molar refractivity (Wildman–Crippen MR) is 83.9 cm³/mol. The van der Waals surface area contributed by atoms with Gasteiger partial charge in [-0.1, -0.05) is 34.1 Å². The third kappa shape index (κ3) is 3.29. The number of halogens is 1. The summed E-state index contributed by atoms with van der Waals surface area (Å²) in [6, 6.07) is 12.3. The Morgan fingerprint density at radius 1 is 1.11 bits per heavy atom. The van der Waals surface area contributed by atoms with Gasteiger partial charge < -0.3 is 10.1 Å².